The number of aryl methyl sites for hydroxylation is 1. The molecular weight excluding hydrogens is 342 g/mol. The van der Waals surface area contributed by atoms with Crippen molar-refractivity contribution < 1.29 is 13.2 Å². The van der Waals surface area contributed by atoms with E-state index in [-0.39, 0.29) is 0 Å². The topological polar surface area (TPSA) is 46.6 Å². The molecular formula is C18H21NO3S2. The zero-order chi connectivity index (χ0) is 17.5. The summed E-state index contributed by atoms with van der Waals surface area (Å²) in [5.74, 6) is 1.14. The molecule has 2 aromatic carbocycles. The quantitative estimate of drug-likeness (QED) is 0.827. The summed E-state index contributed by atoms with van der Waals surface area (Å²) in [6.45, 7) is 5.93. The van der Waals surface area contributed by atoms with E-state index in [1.807, 2.05) is 39.0 Å². The number of nitrogens with zero attached hydrogens (tertiary/aromatic N) is 1. The highest BCUT2D eigenvalue weighted by atomic mass is 32.2. The number of sulfonamides is 1. The summed E-state index contributed by atoms with van der Waals surface area (Å²) in [5.41, 5.74) is 1.43. The molecule has 4 nitrogen and oxygen atoms in total. The van der Waals surface area contributed by atoms with Crippen LogP contribution < -0.4 is 4.74 Å². The highest BCUT2D eigenvalue weighted by Gasteiger charge is 2.43. The standard InChI is InChI=1S/C18H21NO3S2/c1-13-10-14(22-4)11-16-17(13)23-12-19(18(16,2)3)24(20,21)15-8-6-5-7-9-15/h5-11H,12H2,1-4H3. The minimum atomic E-state index is -3.57. The number of thioether (sulfide) groups is 1. The van der Waals surface area contributed by atoms with E-state index in [2.05, 4.69) is 0 Å². The fourth-order valence-electron chi connectivity index (χ4n) is 3.01. The second-order valence-corrected chi connectivity index (χ2v) is 9.14. The van der Waals surface area contributed by atoms with Crippen LogP contribution in [0.3, 0.4) is 0 Å². The minimum absolute atomic E-state index is 0.321. The lowest BCUT2D eigenvalue weighted by Gasteiger charge is -2.42. The van der Waals surface area contributed by atoms with Gasteiger partial charge in [-0.15, -0.1) is 11.8 Å². The molecule has 0 fully saturated rings. The number of methoxy groups -OCH3 is 1. The second kappa shape index (κ2) is 6.10. The number of benzene rings is 2. The molecule has 0 unspecified atom stereocenters. The van der Waals surface area contributed by atoms with Crippen LogP contribution in [0.15, 0.2) is 52.3 Å². The summed E-state index contributed by atoms with van der Waals surface area (Å²) >= 11 is 1.56. The molecule has 0 amide bonds. The van der Waals surface area contributed by atoms with E-state index in [0.29, 0.717) is 10.8 Å². The van der Waals surface area contributed by atoms with Gasteiger partial charge in [0, 0.05) is 4.90 Å². The number of ether oxygens (including phenoxy) is 1. The van der Waals surface area contributed by atoms with Crippen LogP contribution in [0, 0.1) is 6.92 Å². The van der Waals surface area contributed by atoms with Gasteiger partial charge in [-0.25, -0.2) is 8.42 Å². The summed E-state index contributed by atoms with van der Waals surface area (Å²) in [4.78, 5) is 1.46. The molecule has 0 saturated carbocycles. The van der Waals surface area contributed by atoms with Crippen LogP contribution in [-0.2, 0) is 15.6 Å². The van der Waals surface area contributed by atoms with Crippen LogP contribution in [0.2, 0.25) is 0 Å². The zero-order valence-electron chi connectivity index (χ0n) is 14.2. The second-order valence-electron chi connectivity index (χ2n) is 6.32. The molecule has 1 heterocycles. The van der Waals surface area contributed by atoms with E-state index in [1.54, 1.807) is 47.4 Å². The van der Waals surface area contributed by atoms with Crippen LogP contribution in [0.5, 0.6) is 5.75 Å². The van der Waals surface area contributed by atoms with Crippen LogP contribution >= 0.6 is 11.8 Å². The largest absolute Gasteiger partial charge is 0.497 e. The van der Waals surface area contributed by atoms with Crippen molar-refractivity contribution in [3.63, 3.8) is 0 Å². The van der Waals surface area contributed by atoms with E-state index < -0.39 is 15.6 Å². The molecule has 24 heavy (non-hydrogen) atoms. The van der Waals surface area contributed by atoms with Crippen LogP contribution in [0.4, 0.5) is 0 Å². The van der Waals surface area contributed by atoms with Gasteiger partial charge >= 0.3 is 0 Å². The normalized spacial score (nSPS) is 17.3. The fraction of sp³-hybridized carbons (Fsp3) is 0.333. The van der Waals surface area contributed by atoms with Crippen molar-refractivity contribution in [3.05, 3.63) is 53.6 Å². The van der Waals surface area contributed by atoms with Gasteiger partial charge in [-0.2, -0.15) is 4.31 Å². The van der Waals surface area contributed by atoms with Gasteiger partial charge in [-0.3, -0.25) is 0 Å². The van der Waals surface area contributed by atoms with Gasteiger partial charge in [-0.05, 0) is 56.2 Å². The van der Waals surface area contributed by atoms with Gasteiger partial charge in [0.2, 0.25) is 10.0 Å². The Balaban J connectivity index is 2.13. The minimum Gasteiger partial charge on any atom is -0.497 e. The molecule has 6 heteroatoms. The molecule has 0 spiro atoms. The molecule has 0 saturated heterocycles. The lowest BCUT2D eigenvalue weighted by molar-refractivity contribution is 0.250. The Morgan fingerprint density at radius 2 is 1.83 bits per heavy atom. The Labute approximate surface area is 147 Å². The van der Waals surface area contributed by atoms with E-state index in [1.165, 1.54) is 0 Å². The Kier molecular flexibility index (Phi) is 4.40. The van der Waals surface area contributed by atoms with Crippen molar-refractivity contribution >= 4 is 21.8 Å². The van der Waals surface area contributed by atoms with Crippen molar-refractivity contribution in [2.24, 2.45) is 0 Å². The van der Waals surface area contributed by atoms with Crippen LogP contribution in [-0.4, -0.2) is 25.7 Å². The maximum Gasteiger partial charge on any atom is 0.244 e. The lowest BCUT2D eigenvalue weighted by atomic mass is 9.92. The predicted octanol–water partition coefficient (Wildman–Crippen LogP) is 3.99. The van der Waals surface area contributed by atoms with Gasteiger partial charge in [0.05, 0.1) is 23.4 Å². The van der Waals surface area contributed by atoms with Gasteiger partial charge in [-0.1, -0.05) is 18.2 Å². The summed E-state index contributed by atoms with van der Waals surface area (Å²) in [5, 5.41) is 0. The molecule has 0 aliphatic carbocycles. The third-order valence-electron chi connectivity index (χ3n) is 4.42. The number of fused-ring (bicyclic) bond motifs is 1. The van der Waals surface area contributed by atoms with E-state index in [4.69, 9.17) is 4.74 Å². The van der Waals surface area contributed by atoms with E-state index >= 15 is 0 Å². The first kappa shape index (κ1) is 17.3. The Morgan fingerprint density at radius 3 is 2.46 bits per heavy atom. The maximum absolute atomic E-state index is 13.1. The summed E-state index contributed by atoms with van der Waals surface area (Å²) in [7, 11) is -1.95. The first-order chi connectivity index (χ1) is 11.3. The number of rotatable bonds is 3. The van der Waals surface area contributed by atoms with Crippen molar-refractivity contribution in [1.29, 1.82) is 0 Å². The highest BCUT2D eigenvalue weighted by Crippen LogP contribution is 2.47. The third-order valence-corrected chi connectivity index (χ3v) is 7.84. The van der Waals surface area contributed by atoms with E-state index in [0.717, 1.165) is 21.8 Å². The molecule has 0 atom stereocenters. The van der Waals surface area contributed by atoms with Crippen molar-refractivity contribution in [1.82, 2.24) is 4.31 Å². The molecule has 0 aromatic heterocycles. The lowest BCUT2D eigenvalue weighted by Crippen LogP contribution is -2.47. The molecule has 0 bridgehead atoms. The molecule has 2 aromatic rings. The van der Waals surface area contributed by atoms with Crippen molar-refractivity contribution in [2.45, 2.75) is 36.1 Å². The Morgan fingerprint density at radius 1 is 1.17 bits per heavy atom. The van der Waals surface area contributed by atoms with Gasteiger partial charge < -0.3 is 4.74 Å². The fourth-order valence-corrected chi connectivity index (χ4v) is 6.50. The monoisotopic (exact) mass is 363 g/mol. The third kappa shape index (κ3) is 2.72. The van der Waals surface area contributed by atoms with E-state index in [9.17, 15) is 8.42 Å². The van der Waals surface area contributed by atoms with Gasteiger partial charge in [0.25, 0.3) is 0 Å². The molecule has 0 N–H and O–H groups in total. The zero-order valence-corrected chi connectivity index (χ0v) is 15.9. The first-order valence-corrected chi connectivity index (χ1v) is 10.1. The smallest absolute Gasteiger partial charge is 0.244 e. The SMILES string of the molecule is COc1cc(C)c2c(c1)C(C)(C)N(S(=O)(=O)c1ccccc1)CS2. The molecule has 0 radical (unpaired) electrons. The molecule has 3 rings (SSSR count). The van der Waals surface area contributed by atoms with Gasteiger partial charge in [0.15, 0.2) is 0 Å². The van der Waals surface area contributed by atoms with Crippen LogP contribution in [0.1, 0.15) is 25.0 Å². The number of hydrogen-bond acceptors (Lipinski definition) is 4. The average molecular weight is 364 g/mol. The molecule has 128 valence electrons. The predicted molar refractivity (Wildman–Crippen MR) is 96.9 cm³/mol. The van der Waals surface area contributed by atoms with Crippen molar-refractivity contribution in [2.75, 3.05) is 13.0 Å². The Hall–Kier alpha value is -1.50. The number of hydrogen-bond donors (Lipinski definition) is 0. The van der Waals surface area contributed by atoms with Crippen molar-refractivity contribution in [3.8, 4) is 5.75 Å². The summed E-state index contributed by atoms with van der Waals surface area (Å²) in [6.07, 6.45) is 0. The van der Waals surface area contributed by atoms with Gasteiger partial charge in [0.1, 0.15) is 5.75 Å². The molecule has 1 aliphatic heterocycles. The summed E-state index contributed by atoms with van der Waals surface area (Å²) < 4.78 is 33.2. The Bertz CT molecular complexity index is 861. The maximum atomic E-state index is 13.1. The first-order valence-electron chi connectivity index (χ1n) is 7.68. The molecule has 1 aliphatic rings. The van der Waals surface area contributed by atoms with Crippen LogP contribution in [0.25, 0.3) is 0 Å². The average Bonchev–Trinajstić information content (AvgIpc) is 2.55. The summed E-state index contributed by atoms with van der Waals surface area (Å²) in [6, 6.07) is 12.5. The highest BCUT2D eigenvalue weighted by molar-refractivity contribution is 8.00.